The van der Waals surface area contributed by atoms with Gasteiger partial charge in [0.15, 0.2) is 0 Å². The first-order valence-corrected chi connectivity index (χ1v) is 12.4. The van der Waals surface area contributed by atoms with Gasteiger partial charge in [-0.2, -0.15) is 0 Å². The SMILES string of the molecule is O=C(c1ccc(C2NNC=C2C2=CN3C(C4NC=CS4)=CNC3C=C2)s1)N1CCOCC1. The highest BCUT2D eigenvalue weighted by molar-refractivity contribution is 8.03. The number of carbonyl (C=O) groups is 1. The molecule has 8 nitrogen and oxygen atoms in total. The Morgan fingerprint density at radius 2 is 2.06 bits per heavy atom. The van der Waals surface area contributed by atoms with Crippen LogP contribution < -0.4 is 21.5 Å². The maximum Gasteiger partial charge on any atom is 0.264 e. The molecule has 4 N–H and O–H groups in total. The second-order valence-corrected chi connectivity index (χ2v) is 10.1. The van der Waals surface area contributed by atoms with Gasteiger partial charge in [-0.15, -0.1) is 23.1 Å². The Hall–Kier alpha value is -2.66. The van der Waals surface area contributed by atoms with Crippen molar-refractivity contribution in [2.45, 2.75) is 17.6 Å². The van der Waals surface area contributed by atoms with Crippen LogP contribution in [0.4, 0.5) is 0 Å². The molecule has 1 amide bonds. The van der Waals surface area contributed by atoms with E-state index in [0.717, 1.165) is 20.9 Å². The number of thiophene rings is 1. The third kappa shape index (κ3) is 3.53. The van der Waals surface area contributed by atoms with Crippen LogP contribution in [-0.4, -0.2) is 53.5 Å². The largest absolute Gasteiger partial charge is 0.378 e. The molecule has 1 saturated heterocycles. The van der Waals surface area contributed by atoms with Crippen molar-refractivity contribution in [1.29, 1.82) is 0 Å². The third-order valence-corrected chi connectivity index (χ3v) is 8.14. The van der Waals surface area contributed by atoms with E-state index in [9.17, 15) is 4.79 Å². The van der Waals surface area contributed by atoms with Crippen LogP contribution in [0.2, 0.25) is 0 Å². The second kappa shape index (κ2) is 8.36. The molecular formula is C22H24N6O2S2. The van der Waals surface area contributed by atoms with E-state index in [0.29, 0.717) is 26.3 Å². The lowest BCUT2D eigenvalue weighted by molar-refractivity contribution is 0.0306. The Balaban J connectivity index is 1.21. The summed E-state index contributed by atoms with van der Waals surface area (Å²) in [6, 6.07) is 3.99. The molecule has 10 heteroatoms. The van der Waals surface area contributed by atoms with Gasteiger partial charge in [0.2, 0.25) is 0 Å². The number of thioether (sulfide) groups is 1. The van der Waals surface area contributed by atoms with Gasteiger partial charge in [-0.25, -0.2) is 5.43 Å². The predicted molar refractivity (Wildman–Crippen MR) is 126 cm³/mol. The lowest BCUT2D eigenvalue weighted by atomic mass is 9.97. The number of carbonyl (C=O) groups excluding carboxylic acids is 1. The minimum Gasteiger partial charge on any atom is -0.378 e. The number of rotatable bonds is 4. The maximum atomic E-state index is 12.9. The Morgan fingerprint density at radius 3 is 2.91 bits per heavy atom. The van der Waals surface area contributed by atoms with E-state index in [-0.39, 0.29) is 23.5 Å². The molecular weight excluding hydrogens is 444 g/mol. The van der Waals surface area contributed by atoms with E-state index in [1.54, 1.807) is 23.1 Å². The van der Waals surface area contributed by atoms with Crippen molar-refractivity contribution >= 4 is 29.0 Å². The summed E-state index contributed by atoms with van der Waals surface area (Å²) < 4.78 is 5.37. The number of hydrogen-bond acceptors (Lipinski definition) is 9. The average Bonchev–Trinajstić information content (AvgIpc) is 3.63. The average molecular weight is 469 g/mol. The number of hydrazine groups is 1. The zero-order chi connectivity index (χ0) is 21.5. The molecule has 0 aromatic carbocycles. The fourth-order valence-corrected chi connectivity index (χ4v) is 6.23. The van der Waals surface area contributed by atoms with E-state index in [1.807, 2.05) is 23.4 Å². The summed E-state index contributed by atoms with van der Waals surface area (Å²) in [5.41, 5.74) is 10.0. The van der Waals surface area contributed by atoms with Crippen molar-refractivity contribution in [3.63, 3.8) is 0 Å². The maximum absolute atomic E-state index is 12.9. The first-order valence-electron chi connectivity index (χ1n) is 10.7. The van der Waals surface area contributed by atoms with Crippen molar-refractivity contribution in [2.75, 3.05) is 26.3 Å². The van der Waals surface area contributed by atoms with Crippen LogP contribution in [-0.2, 0) is 4.74 Å². The van der Waals surface area contributed by atoms with E-state index >= 15 is 0 Å². The second-order valence-electron chi connectivity index (χ2n) is 7.95. The molecule has 0 bridgehead atoms. The first kappa shape index (κ1) is 20.0. The number of allylic oxidation sites excluding steroid dienone is 1. The Kier molecular flexibility index (Phi) is 5.22. The zero-order valence-electron chi connectivity index (χ0n) is 17.3. The zero-order valence-corrected chi connectivity index (χ0v) is 18.9. The van der Waals surface area contributed by atoms with E-state index in [4.69, 9.17) is 4.74 Å². The number of amides is 1. The van der Waals surface area contributed by atoms with Gasteiger partial charge < -0.3 is 30.6 Å². The van der Waals surface area contributed by atoms with Crippen molar-refractivity contribution in [2.24, 2.45) is 0 Å². The summed E-state index contributed by atoms with van der Waals surface area (Å²) in [7, 11) is 0. The van der Waals surface area contributed by atoms with Crippen molar-refractivity contribution in [3.05, 3.63) is 81.1 Å². The molecule has 3 atom stereocenters. The molecule has 6 rings (SSSR count). The van der Waals surface area contributed by atoms with E-state index in [2.05, 4.69) is 62.4 Å². The minimum atomic E-state index is -0.0117. The molecule has 5 aliphatic heterocycles. The normalized spacial score (nSPS) is 28.5. The molecule has 5 aliphatic rings. The summed E-state index contributed by atoms with van der Waals surface area (Å²) in [6.07, 6.45) is 12.8. The molecule has 0 aliphatic carbocycles. The number of morpholine rings is 1. The Morgan fingerprint density at radius 1 is 1.16 bits per heavy atom. The van der Waals surface area contributed by atoms with Gasteiger partial charge in [-0.3, -0.25) is 4.79 Å². The van der Waals surface area contributed by atoms with E-state index < -0.39 is 0 Å². The van der Waals surface area contributed by atoms with Crippen molar-refractivity contribution in [3.8, 4) is 0 Å². The number of ether oxygens (including phenoxy) is 1. The highest BCUT2D eigenvalue weighted by atomic mass is 32.2. The van der Waals surface area contributed by atoms with Crippen LogP contribution in [0.3, 0.4) is 0 Å². The minimum absolute atomic E-state index is 0.0117. The third-order valence-electron chi connectivity index (χ3n) is 6.06. The summed E-state index contributed by atoms with van der Waals surface area (Å²) in [6.45, 7) is 2.53. The van der Waals surface area contributed by atoms with Crippen LogP contribution in [0.5, 0.6) is 0 Å². The fraction of sp³-hybridized carbons (Fsp3) is 0.318. The fourth-order valence-electron chi connectivity index (χ4n) is 4.38. The number of fused-ring (bicyclic) bond motifs is 1. The Bertz CT molecular complexity index is 1060. The summed E-state index contributed by atoms with van der Waals surface area (Å²) >= 11 is 3.32. The first-order chi connectivity index (χ1) is 15.8. The van der Waals surface area contributed by atoms with Gasteiger partial charge in [0.25, 0.3) is 5.91 Å². The smallest absolute Gasteiger partial charge is 0.264 e. The number of nitrogens with zero attached hydrogens (tertiary/aromatic N) is 2. The molecule has 3 unspecified atom stereocenters. The molecule has 32 heavy (non-hydrogen) atoms. The van der Waals surface area contributed by atoms with Gasteiger partial charge in [0.05, 0.1) is 29.8 Å². The van der Waals surface area contributed by atoms with Crippen molar-refractivity contribution in [1.82, 2.24) is 31.3 Å². The lowest BCUT2D eigenvalue weighted by Crippen LogP contribution is -2.40. The molecule has 0 radical (unpaired) electrons. The van der Waals surface area contributed by atoms with Gasteiger partial charge in [-0.05, 0) is 29.2 Å². The molecule has 1 aromatic heterocycles. The van der Waals surface area contributed by atoms with E-state index in [1.165, 1.54) is 5.70 Å². The van der Waals surface area contributed by atoms with Crippen molar-refractivity contribution < 1.29 is 9.53 Å². The molecule has 1 fully saturated rings. The molecule has 6 heterocycles. The van der Waals surface area contributed by atoms with Crippen LogP contribution in [0.25, 0.3) is 0 Å². The van der Waals surface area contributed by atoms with Gasteiger partial charge in [0.1, 0.15) is 11.5 Å². The van der Waals surface area contributed by atoms with Crippen LogP contribution in [0.15, 0.2) is 71.3 Å². The predicted octanol–water partition coefficient (Wildman–Crippen LogP) is 1.91. The molecule has 166 valence electrons. The van der Waals surface area contributed by atoms with Gasteiger partial charge in [-0.1, -0.05) is 6.08 Å². The topological polar surface area (TPSA) is 80.9 Å². The summed E-state index contributed by atoms with van der Waals surface area (Å²) in [4.78, 5) is 18.9. The lowest BCUT2D eigenvalue weighted by Gasteiger charge is -2.30. The molecule has 0 spiro atoms. The number of hydrogen-bond donors (Lipinski definition) is 4. The quantitative estimate of drug-likeness (QED) is 0.534. The molecule has 0 saturated carbocycles. The highest BCUT2D eigenvalue weighted by Gasteiger charge is 2.33. The van der Waals surface area contributed by atoms with Crippen LogP contribution >= 0.6 is 23.1 Å². The monoisotopic (exact) mass is 468 g/mol. The number of nitrogens with one attached hydrogen (secondary N) is 4. The highest BCUT2D eigenvalue weighted by Crippen LogP contribution is 2.38. The Labute approximate surface area is 194 Å². The summed E-state index contributed by atoms with van der Waals surface area (Å²) in [5, 5.41) is 9.12. The van der Waals surface area contributed by atoms with Crippen LogP contribution in [0.1, 0.15) is 20.6 Å². The van der Waals surface area contributed by atoms with Crippen LogP contribution in [0, 0.1) is 0 Å². The summed E-state index contributed by atoms with van der Waals surface area (Å²) in [5.74, 6) is 0.0914. The van der Waals surface area contributed by atoms with Gasteiger partial charge >= 0.3 is 0 Å². The standard InChI is InChI=1S/C22H24N6O2S2/c29-22(27-6-8-30-9-7-27)18-3-2-17(32-18)20-15(11-25-26-20)14-1-4-19-24-12-16(28(19)13-14)21-23-5-10-31-21/h1-5,10-13,19-21,23-26H,6-9H2. The molecule has 1 aromatic rings. The van der Waals surface area contributed by atoms with Gasteiger partial charge in [0, 0.05) is 48.3 Å².